The van der Waals surface area contributed by atoms with E-state index in [1.54, 1.807) is 0 Å². The van der Waals surface area contributed by atoms with Gasteiger partial charge in [0.25, 0.3) is 0 Å². The minimum absolute atomic E-state index is 0.756. The molecular weight excluding hydrogens is 244 g/mol. The Bertz CT molecular complexity index is 511. The second-order valence-electron chi connectivity index (χ2n) is 4.52. The van der Waals surface area contributed by atoms with E-state index in [0.717, 1.165) is 28.2 Å². The number of unbranched alkanes of at least 4 members (excludes halogenated alkanes) is 3. The van der Waals surface area contributed by atoms with Gasteiger partial charge in [0.1, 0.15) is 0 Å². The molecular formula is C15H19ClN2. The van der Waals surface area contributed by atoms with Crippen LogP contribution in [-0.4, -0.2) is 11.5 Å². The summed E-state index contributed by atoms with van der Waals surface area (Å²) in [6.45, 7) is 3.20. The number of rotatable bonds is 6. The van der Waals surface area contributed by atoms with Crippen LogP contribution < -0.4 is 5.32 Å². The molecule has 1 N–H and O–H groups in total. The number of fused-ring (bicyclic) bond motifs is 1. The molecule has 0 radical (unpaired) electrons. The van der Waals surface area contributed by atoms with Crippen molar-refractivity contribution >= 4 is 28.2 Å². The molecule has 18 heavy (non-hydrogen) atoms. The van der Waals surface area contributed by atoms with Gasteiger partial charge in [-0.05, 0) is 24.6 Å². The van der Waals surface area contributed by atoms with Gasteiger partial charge in [-0.1, -0.05) is 43.9 Å². The van der Waals surface area contributed by atoms with Crippen molar-refractivity contribution in [3.8, 4) is 0 Å². The van der Waals surface area contributed by atoms with Crippen molar-refractivity contribution in [1.29, 1.82) is 0 Å². The van der Waals surface area contributed by atoms with Crippen molar-refractivity contribution in [1.82, 2.24) is 4.98 Å². The van der Waals surface area contributed by atoms with E-state index in [1.165, 1.54) is 25.7 Å². The van der Waals surface area contributed by atoms with Crippen LogP contribution in [0.3, 0.4) is 0 Å². The largest absolute Gasteiger partial charge is 0.383 e. The highest BCUT2D eigenvalue weighted by Crippen LogP contribution is 2.26. The molecule has 2 aromatic rings. The first-order valence-electron chi connectivity index (χ1n) is 6.59. The van der Waals surface area contributed by atoms with Gasteiger partial charge in [0.15, 0.2) is 0 Å². The summed E-state index contributed by atoms with van der Waals surface area (Å²) in [5.74, 6) is 0. The molecule has 3 heteroatoms. The minimum Gasteiger partial charge on any atom is -0.383 e. The fraction of sp³-hybridized carbons (Fsp3) is 0.400. The van der Waals surface area contributed by atoms with Gasteiger partial charge in [0.05, 0.1) is 11.2 Å². The maximum absolute atomic E-state index is 6.12. The lowest BCUT2D eigenvalue weighted by atomic mass is 10.1. The Morgan fingerprint density at radius 1 is 1.22 bits per heavy atom. The Balaban J connectivity index is 2.07. The molecule has 0 fully saturated rings. The molecule has 0 bridgehead atoms. The van der Waals surface area contributed by atoms with Crippen molar-refractivity contribution < 1.29 is 0 Å². The van der Waals surface area contributed by atoms with Crippen molar-refractivity contribution in [2.24, 2.45) is 0 Å². The molecule has 0 saturated heterocycles. The Morgan fingerprint density at radius 3 is 2.94 bits per heavy atom. The molecule has 2 nitrogen and oxygen atoms in total. The summed E-state index contributed by atoms with van der Waals surface area (Å²) >= 11 is 6.12. The van der Waals surface area contributed by atoms with Gasteiger partial charge in [-0.3, -0.25) is 4.98 Å². The monoisotopic (exact) mass is 262 g/mol. The number of hydrogen-bond acceptors (Lipinski definition) is 2. The van der Waals surface area contributed by atoms with Crippen LogP contribution in [0.1, 0.15) is 32.6 Å². The molecule has 0 aliphatic carbocycles. The van der Waals surface area contributed by atoms with Gasteiger partial charge < -0.3 is 5.32 Å². The third-order valence-corrected chi connectivity index (χ3v) is 3.23. The van der Waals surface area contributed by atoms with Gasteiger partial charge in [-0.15, -0.1) is 0 Å². The highest BCUT2D eigenvalue weighted by Gasteiger charge is 2.03. The summed E-state index contributed by atoms with van der Waals surface area (Å²) in [7, 11) is 0. The summed E-state index contributed by atoms with van der Waals surface area (Å²) in [5.41, 5.74) is 2.03. The highest BCUT2D eigenvalue weighted by molar-refractivity contribution is 6.31. The highest BCUT2D eigenvalue weighted by atomic mass is 35.5. The van der Waals surface area contributed by atoms with Crippen molar-refractivity contribution in [3.63, 3.8) is 0 Å². The van der Waals surface area contributed by atoms with E-state index in [4.69, 9.17) is 11.6 Å². The quantitative estimate of drug-likeness (QED) is 0.751. The zero-order valence-electron chi connectivity index (χ0n) is 10.7. The predicted octanol–water partition coefficient (Wildman–Crippen LogP) is 4.88. The lowest BCUT2D eigenvalue weighted by Gasteiger charge is -2.09. The van der Waals surface area contributed by atoms with Gasteiger partial charge in [0, 0.05) is 23.2 Å². The fourth-order valence-corrected chi connectivity index (χ4v) is 2.29. The smallest absolute Gasteiger partial charge is 0.0934 e. The Hall–Kier alpha value is -1.28. The van der Waals surface area contributed by atoms with Crippen LogP contribution in [0.15, 0.2) is 30.5 Å². The molecule has 1 heterocycles. The first kappa shape index (κ1) is 13.2. The normalized spacial score (nSPS) is 10.8. The van der Waals surface area contributed by atoms with Gasteiger partial charge in [0.2, 0.25) is 0 Å². The summed E-state index contributed by atoms with van der Waals surface area (Å²) in [5, 5.41) is 5.28. The SMILES string of the molecule is CCCCCCNc1cc(Cl)cc2cccnc12. The summed E-state index contributed by atoms with van der Waals surface area (Å²) in [4.78, 5) is 4.42. The lowest BCUT2D eigenvalue weighted by molar-refractivity contribution is 0.685. The first-order chi connectivity index (χ1) is 8.81. The predicted molar refractivity (Wildman–Crippen MR) is 79.4 cm³/mol. The number of halogens is 1. The van der Waals surface area contributed by atoms with Crippen LogP contribution in [0.2, 0.25) is 5.02 Å². The number of pyridine rings is 1. The zero-order valence-corrected chi connectivity index (χ0v) is 11.5. The minimum atomic E-state index is 0.756. The summed E-state index contributed by atoms with van der Waals surface area (Å²) in [6, 6.07) is 7.88. The van der Waals surface area contributed by atoms with E-state index in [1.807, 2.05) is 30.5 Å². The van der Waals surface area contributed by atoms with E-state index >= 15 is 0 Å². The molecule has 0 atom stereocenters. The molecule has 0 saturated carbocycles. The fourth-order valence-electron chi connectivity index (χ4n) is 2.07. The zero-order chi connectivity index (χ0) is 12.8. The van der Waals surface area contributed by atoms with Crippen molar-refractivity contribution in [2.75, 3.05) is 11.9 Å². The van der Waals surface area contributed by atoms with Gasteiger partial charge in [-0.2, -0.15) is 0 Å². The number of nitrogens with zero attached hydrogens (tertiary/aromatic N) is 1. The molecule has 0 spiro atoms. The van der Waals surface area contributed by atoms with Crippen LogP contribution in [0.5, 0.6) is 0 Å². The van der Waals surface area contributed by atoms with E-state index < -0.39 is 0 Å². The van der Waals surface area contributed by atoms with E-state index in [-0.39, 0.29) is 0 Å². The topological polar surface area (TPSA) is 24.9 Å². The van der Waals surface area contributed by atoms with Crippen LogP contribution in [0.25, 0.3) is 10.9 Å². The molecule has 2 rings (SSSR count). The lowest BCUT2D eigenvalue weighted by Crippen LogP contribution is -2.02. The molecule has 96 valence electrons. The second kappa shape index (κ2) is 6.60. The number of benzene rings is 1. The molecule has 0 aliphatic heterocycles. The van der Waals surface area contributed by atoms with E-state index in [9.17, 15) is 0 Å². The Morgan fingerprint density at radius 2 is 2.11 bits per heavy atom. The van der Waals surface area contributed by atoms with Crippen LogP contribution in [0.4, 0.5) is 5.69 Å². The molecule has 1 aromatic carbocycles. The van der Waals surface area contributed by atoms with Gasteiger partial charge in [-0.25, -0.2) is 0 Å². The van der Waals surface area contributed by atoms with E-state index in [0.29, 0.717) is 0 Å². The van der Waals surface area contributed by atoms with Crippen molar-refractivity contribution in [2.45, 2.75) is 32.6 Å². The maximum atomic E-state index is 6.12. The van der Waals surface area contributed by atoms with Crippen LogP contribution in [0, 0.1) is 0 Å². The Kier molecular flexibility index (Phi) is 4.82. The second-order valence-corrected chi connectivity index (χ2v) is 4.95. The molecule has 0 unspecified atom stereocenters. The molecule has 0 aliphatic rings. The summed E-state index contributed by atoms with van der Waals surface area (Å²) in [6.07, 6.45) is 6.85. The average Bonchev–Trinajstić information content (AvgIpc) is 2.38. The summed E-state index contributed by atoms with van der Waals surface area (Å²) < 4.78 is 0. The standard InChI is InChI=1S/C15H19ClN2/c1-2-3-4-5-8-17-14-11-13(16)10-12-7-6-9-18-15(12)14/h6-7,9-11,17H,2-5,8H2,1H3. The maximum Gasteiger partial charge on any atom is 0.0934 e. The number of anilines is 1. The number of nitrogens with one attached hydrogen (secondary N) is 1. The Labute approximate surface area is 113 Å². The first-order valence-corrected chi connectivity index (χ1v) is 6.97. The van der Waals surface area contributed by atoms with Gasteiger partial charge >= 0.3 is 0 Å². The molecule has 1 aromatic heterocycles. The third kappa shape index (κ3) is 3.36. The number of hydrogen-bond donors (Lipinski definition) is 1. The third-order valence-electron chi connectivity index (χ3n) is 3.02. The van der Waals surface area contributed by atoms with Crippen molar-refractivity contribution in [3.05, 3.63) is 35.5 Å². The van der Waals surface area contributed by atoms with Crippen LogP contribution in [-0.2, 0) is 0 Å². The average molecular weight is 263 g/mol. The van der Waals surface area contributed by atoms with E-state index in [2.05, 4.69) is 17.2 Å². The van der Waals surface area contributed by atoms with Crippen LogP contribution >= 0.6 is 11.6 Å². The molecule has 0 amide bonds. The number of aromatic nitrogens is 1.